The summed E-state index contributed by atoms with van der Waals surface area (Å²) in [5, 5.41) is 6.74. The number of nitrogens with one attached hydrogen (secondary N) is 2. The van der Waals surface area contributed by atoms with Crippen molar-refractivity contribution in [2.45, 2.75) is 33.7 Å². The number of amides is 2. The molecule has 1 heterocycles. The number of rotatable bonds is 6. The topological polar surface area (TPSA) is 71.3 Å². The number of benzene rings is 2. The molecule has 2 amide bonds. The Bertz CT molecular complexity index is 955. The zero-order chi connectivity index (χ0) is 19.4. The van der Waals surface area contributed by atoms with Crippen molar-refractivity contribution < 1.29 is 14.0 Å². The molecular formula is C22H24N2O3. The van der Waals surface area contributed by atoms with Gasteiger partial charge >= 0.3 is 0 Å². The molecule has 0 radical (unpaired) electrons. The average molecular weight is 364 g/mol. The van der Waals surface area contributed by atoms with Crippen LogP contribution in [-0.4, -0.2) is 11.8 Å². The summed E-state index contributed by atoms with van der Waals surface area (Å²) in [5.74, 6) is -0.138. The van der Waals surface area contributed by atoms with Gasteiger partial charge in [-0.15, -0.1) is 0 Å². The number of hydrogen-bond acceptors (Lipinski definition) is 3. The van der Waals surface area contributed by atoms with Crippen LogP contribution in [0.1, 0.15) is 30.5 Å². The Morgan fingerprint density at radius 2 is 1.81 bits per heavy atom. The Morgan fingerprint density at radius 3 is 2.52 bits per heavy atom. The van der Waals surface area contributed by atoms with E-state index in [1.165, 1.54) is 0 Å². The van der Waals surface area contributed by atoms with Crippen LogP contribution in [0.15, 0.2) is 53.1 Å². The molecule has 0 aliphatic rings. The van der Waals surface area contributed by atoms with E-state index in [-0.39, 0.29) is 24.2 Å². The molecule has 0 spiro atoms. The Morgan fingerprint density at radius 1 is 1.07 bits per heavy atom. The van der Waals surface area contributed by atoms with E-state index >= 15 is 0 Å². The van der Waals surface area contributed by atoms with E-state index in [0.717, 1.165) is 33.3 Å². The lowest BCUT2D eigenvalue weighted by atomic mass is 10.1. The van der Waals surface area contributed by atoms with Crippen LogP contribution in [0.4, 0.5) is 5.69 Å². The molecular weight excluding hydrogens is 340 g/mol. The zero-order valence-electron chi connectivity index (χ0n) is 15.8. The highest BCUT2D eigenvalue weighted by atomic mass is 16.3. The second-order valence-electron chi connectivity index (χ2n) is 7.05. The minimum absolute atomic E-state index is 0.0152. The first-order valence-electron chi connectivity index (χ1n) is 9.05. The Labute approximate surface area is 158 Å². The van der Waals surface area contributed by atoms with Crippen LogP contribution in [0.5, 0.6) is 0 Å². The van der Waals surface area contributed by atoms with E-state index in [1.54, 1.807) is 6.26 Å². The molecule has 0 saturated heterocycles. The molecule has 27 heavy (non-hydrogen) atoms. The van der Waals surface area contributed by atoms with Gasteiger partial charge < -0.3 is 15.1 Å². The molecule has 2 N–H and O–H groups in total. The van der Waals surface area contributed by atoms with Crippen LogP contribution in [0, 0.1) is 12.8 Å². The van der Waals surface area contributed by atoms with E-state index in [4.69, 9.17) is 4.42 Å². The van der Waals surface area contributed by atoms with Gasteiger partial charge in [-0.3, -0.25) is 9.59 Å². The van der Waals surface area contributed by atoms with E-state index in [0.29, 0.717) is 6.54 Å². The van der Waals surface area contributed by atoms with Gasteiger partial charge in [-0.05, 0) is 36.2 Å². The maximum atomic E-state index is 12.3. The van der Waals surface area contributed by atoms with E-state index in [2.05, 4.69) is 10.6 Å². The first-order chi connectivity index (χ1) is 12.9. The van der Waals surface area contributed by atoms with Crippen molar-refractivity contribution in [2.24, 2.45) is 5.92 Å². The van der Waals surface area contributed by atoms with Crippen molar-refractivity contribution in [2.75, 3.05) is 5.32 Å². The fourth-order valence-corrected chi connectivity index (χ4v) is 2.76. The van der Waals surface area contributed by atoms with Gasteiger partial charge in [0.2, 0.25) is 11.8 Å². The highest BCUT2D eigenvalue weighted by molar-refractivity contribution is 5.92. The highest BCUT2D eigenvalue weighted by Gasteiger charge is 2.11. The van der Waals surface area contributed by atoms with Crippen molar-refractivity contribution in [1.82, 2.24) is 5.32 Å². The molecule has 2 aromatic carbocycles. The molecule has 0 saturated carbocycles. The molecule has 0 aliphatic heterocycles. The first-order valence-corrected chi connectivity index (χ1v) is 9.05. The van der Waals surface area contributed by atoms with Crippen molar-refractivity contribution in [3.8, 4) is 0 Å². The lowest BCUT2D eigenvalue weighted by Gasteiger charge is -2.09. The third-order valence-electron chi connectivity index (χ3n) is 4.40. The van der Waals surface area contributed by atoms with E-state index in [9.17, 15) is 9.59 Å². The van der Waals surface area contributed by atoms with Crippen molar-refractivity contribution >= 4 is 28.5 Å². The molecule has 3 aromatic rings. The first kappa shape index (κ1) is 18.7. The largest absolute Gasteiger partial charge is 0.464 e. The van der Waals surface area contributed by atoms with Gasteiger partial charge in [-0.25, -0.2) is 0 Å². The van der Waals surface area contributed by atoms with Gasteiger partial charge in [0.15, 0.2) is 0 Å². The third-order valence-corrected chi connectivity index (χ3v) is 4.40. The predicted molar refractivity (Wildman–Crippen MR) is 106 cm³/mol. The molecule has 0 unspecified atom stereocenters. The van der Waals surface area contributed by atoms with Crippen LogP contribution in [0.25, 0.3) is 11.0 Å². The zero-order valence-corrected chi connectivity index (χ0v) is 15.8. The van der Waals surface area contributed by atoms with Gasteiger partial charge in [0.05, 0.1) is 12.7 Å². The minimum Gasteiger partial charge on any atom is -0.464 e. The van der Waals surface area contributed by atoms with Gasteiger partial charge in [0.25, 0.3) is 0 Å². The number of carbonyl (C=O) groups excluding carboxylic acids is 2. The molecule has 140 valence electrons. The number of carbonyl (C=O) groups is 2. The Balaban J connectivity index is 1.55. The second-order valence-corrected chi connectivity index (χ2v) is 7.05. The average Bonchev–Trinajstić information content (AvgIpc) is 3.02. The summed E-state index contributed by atoms with van der Waals surface area (Å²) < 4.78 is 5.54. The third kappa shape index (κ3) is 4.76. The van der Waals surface area contributed by atoms with Crippen molar-refractivity contribution in [3.05, 3.63) is 65.4 Å². The van der Waals surface area contributed by atoms with Gasteiger partial charge in [0, 0.05) is 29.1 Å². The standard InChI is InChI=1S/C22H24N2O3/c1-14(2)22(26)24-18-7-5-16(6-8-18)12-23-21(25)11-17-13-27-20-10-15(3)4-9-19(17)20/h4-10,13-14H,11-12H2,1-3H3,(H,23,25)(H,24,26). The van der Waals surface area contributed by atoms with Crippen LogP contribution < -0.4 is 10.6 Å². The van der Waals surface area contributed by atoms with E-state index < -0.39 is 0 Å². The summed E-state index contributed by atoms with van der Waals surface area (Å²) in [5.41, 5.74) is 4.54. The molecule has 0 fully saturated rings. The second kappa shape index (κ2) is 8.08. The summed E-state index contributed by atoms with van der Waals surface area (Å²) in [6.45, 7) is 6.15. The molecule has 5 nitrogen and oxygen atoms in total. The van der Waals surface area contributed by atoms with Crippen LogP contribution in [0.3, 0.4) is 0 Å². The molecule has 0 atom stereocenters. The smallest absolute Gasteiger partial charge is 0.226 e. The van der Waals surface area contributed by atoms with Gasteiger partial charge in [-0.2, -0.15) is 0 Å². The monoisotopic (exact) mass is 364 g/mol. The summed E-state index contributed by atoms with van der Waals surface area (Å²) in [7, 11) is 0. The highest BCUT2D eigenvalue weighted by Crippen LogP contribution is 2.22. The summed E-state index contributed by atoms with van der Waals surface area (Å²) in [6.07, 6.45) is 1.93. The van der Waals surface area contributed by atoms with Gasteiger partial charge in [0.1, 0.15) is 5.58 Å². The molecule has 3 rings (SSSR count). The lowest BCUT2D eigenvalue weighted by Crippen LogP contribution is -2.24. The predicted octanol–water partition coefficient (Wildman–Crippen LogP) is 4.19. The number of anilines is 1. The fraction of sp³-hybridized carbons (Fsp3) is 0.273. The molecule has 0 bridgehead atoms. The normalized spacial score (nSPS) is 11.0. The molecule has 0 aliphatic carbocycles. The SMILES string of the molecule is Cc1ccc2c(CC(=O)NCc3ccc(NC(=O)C(C)C)cc3)coc2c1. The summed E-state index contributed by atoms with van der Waals surface area (Å²) in [6, 6.07) is 13.4. The number of hydrogen-bond donors (Lipinski definition) is 2. The number of fused-ring (bicyclic) bond motifs is 1. The molecule has 1 aromatic heterocycles. The fourth-order valence-electron chi connectivity index (χ4n) is 2.76. The minimum atomic E-state index is -0.0631. The molecule has 5 heteroatoms. The maximum Gasteiger partial charge on any atom is 0.226 e. The maximum absolute atomic E-state index is 12.3. The Kier molecular flexibility index (Phi) is 5.60. The van der Waals surface area contributed by atoms with Crippen LogP contribution in [0.2, 0.25) is 0 Å². The van der Waals surface area contributed by atoms with Gasteiger partial charge in [-0.1, -0.05) is 38.1 Å². The van der Waals surface area contributed by atoms with Crippen molar-refractivity contribution in [1.29, 1.82) is 0 Å². The van der Waals surface area contributed by atoms with E-state index in [1.807, 2.05) is 63.2 Å². The lowest BCUT2D eigenvalue weighted by molar-refractivity contribution is -0.120. The Hall–Kier alpha value is -3.08. The summed E-state index contributed by atoms with van der Waals surface area (Å²) >= 11 is 0. The van der Waals surface area contributed by atoms with Crippen LogP contribution >= 0.6 is 0 Å². The van der Waals surface area contributed by atoms with Crippen LogP contribution in [-0.2, 0) is 22.6 Å². The number of furan rings is 1. The van der Waals surface area contributed by atoms with Crippen molar-refractivity contribution in [3.63, 3.8) is 0 Å². The summed E-state index contributed by atoms with van der Waals surface area (Å²) in [4.78, 5) is 24.0. The number of aryl methyl sites for hydroxylation is 1. The quantitative estimate of drug-likeness (QED) is 0.689.